The van der Waals surface area contributed by atoms with Crippen molar-refractivity contribution in [3.63, 3.8) is 0 Å². The van der Waals surface area contributed by atoms with Crippen molar-refractivity contribution in [3.8, 4) is 5.75 Å². The van der Waals surface area contributed by atoms with E-state index in [1.807, 2.05) is 18.2 Å². The third-order valence-corrected chi connectivity index (χ3v) is 4.18. The zero-order chi connectivity index (χ0) is 11.8. The molecule has 3 heteroatoms. The van der Waals surface area contributed by atoms with Gasteiger partial charge in [-0.2, -0.15) is 0 Å². The molecule has 3 rings (SSSR count). The minimum Gasteiger partial charge on any atom is -0.496 e. The summed E-state index contributed by atoms with van der Waals surface area (Å²) in [6.45, 7) is 0. The maximum absolute atomic E-state index is 10.4. The average Bonchev–Trinajstić information content (AvgIpc) is 2.78. The molecule has 17 heavy (non-hydrogen) atoms. The first kappa shape index (κ1) is 11.1. The number of rotatable bonds is 2. The van der Waals surface area contributed by atoms with Crippen LogP contribution in [0.3, 0.4) is 0 Å². The number of hydrogen-bond donors (Lipinski definition) is 2. The Bertz CT molecular complexity index is 407. The summed E-state index contributed by atoms with van der Waals surface area (Å²) in [6, 6.07) is 8.89. The van der Waals surface area contributed by atoms with Gasteiger partial charge in [0.1, 0.15) is 5.75 Å². The van der Waals surface area contributed by atoms with Crippen LogP contribution in [0.5, 0.6) is 5.75 Å². The molecule has 4 atom stereocenters. The van der Waals surface area contributed by atoms with Gasteiger partial charge in [0.15, 0.2) is 0 Å². The molecule has 0 radical (unpaired) electrons. The Morgan fingerprint density at radius 1 is 1.29 bits per heavy atom. The molecule has 3 nitrogen and oxygen atoms in total. The normalized spacial score (nSPS) is 35.9. The van der Waals surface area contributed by atoms with Crippen LogP contribution < -0.4 is 10.1 Å². The largest absolute Gasteiger partial charge is 0.496 e. The van der Waals surface area contributed by atoms with E-state index in [9.17, 15) is 5.11 Å². The summed E-state index contributed by atoms with van der Waals surface area (Å²) in [4.78, 5) is 0. The molecule has 1 aromatic rings. The molecule has 0 saturated carbocycles. The number of para-hydroxylation sites is 1. The van der Waals surface area contributed by atoms with Crippen molar-refractivity contribution in [1.29, 1.82) is 0 Å². The maximum Gasteiger partial charge on any atom is 0.122 e. The van der Waals surface area contributed by atoms with E-state index in [1.54, 1.807) is 7.11 Å². The molecular weight excluding hydrogens is 214 g/mol. The van der Waals surface area contributed by atoms with Crippen LogP contribution in [-0.2, 0) is 0 Å². The zero-order valence-corrected chi connectivity index (χ0v) is 10.1. The second kappa shape index (κ2) is 4.31. The molecule has 2 fully saturated rings. The van der Waals surface area contributed by atoms with Crippen LogP contribution in [0.1, 0.15) is 30.7 Å². The lowest BCUT2D eigenvalue weighted by molar-refractivity contribution is 0.0796. The lowest BCUT2D eigenvalue weighted by Gasteiger charge is -2.35. The van der Waals surface area contributed by atoms with Crippen LogP contribution in [0.25, 0.3) is 0 Å². The fourth-order valence-electron chi connectivity index (χ4n) is 3.32. The molecular formula is C14H19NO2. The summed E-state index contributed by atoms with van der Waals surface area (Å²) >= 11 is 0. The van der Waals surface area contributed by atoms with Gasteiger partial charge in [0.2, 0.25) is 0 Å². The summed E-state index contributed by atoms with van der Waals surface area (Å²) in [5.74, 6) is 1.11. The Balaban J connectivity index is 1.93. The summed E-state index contributed by atoms with van der Waals surface area (Å²) in [7, 11) is 1.70. The van der Waals surface area contributed by atoms with E-state index in [0.717, 1.165) is 24.2 Å². The molecule has 1 aromatic carbocycles. The van der Waals surface area contributed by atoms with Gasteiger partial charge in [0.25, 0.3) is 0 Å². The third kappa shape index (κ3) is 1.83. The van der Waals surface area contributed by atoms with Crippen molar-refractivity contribution in [3.05, 3.63) is 29.8 Å². The van der Waals surface area contributed by atoms with Gasteiger partial charge >= 0.3 is 0 Å². The molecule has 2 saturated heterocycles. The molecule has 0 amide bonds. The Morgan fingerprint density at radius 3 is 2.94 bits per heavy atom. The van der Waals surface area contributed by atoms with Gasteiger partial charge in [0.05, 0.1) is 13.2 Å². The number of methoxy groups -OCH3 is 1. The number of ether oxygens (including phenoxy) is 1. The molecule has 0 aromatic heterocycles. The van der Waals surface area contributed by atoms with Crippen molar-refractivity contribution in [1.82, 2.24) is 5.32 Å². The molecule has 2 heterocycles. The quantitative estimate of drug-likeness (QED) is 0.816. The van der Waals surface area contributed by atoms with Crippen LogP contribution >= 0.6 is 0 Å². The van der Waals surface area contributed by atoms with E-state index >= 15 is 0 Å². The van der Waals surface area contributed by atoms with Crippen molar-refractivity contribution < 1.29 is 9.84 Å². The number of nitrogens with one attached hydrogen (secondary N) is 1. The highest BCUT2D eigenvalue weighted by molar-refractivity contribution is 5.38. The lowest BCUT2D eigenvalue weighted by Crippen LogP contribution is -2.47. The van der Waals surface area contributed by atoms with E-state index in [0.29, 0.717) is 6.04 Å². The fourth-order valence-corrected chi connectivity index (χ4v) is 3.32. The summed E-state index contributed by atoms with van der Waals surface area (Å²) in [5, 5.41) is 13.9. The Kier molecular flexibility index (Phi) is 2.81. The zero-order valence-electron chi connectivity index (χ0n) is 10.1. The molecule has 2 aliphatic rings. The Morgan fingerprint density at radius 2 is 2.12 bits per heavy atom. The van der Waals surface area contributed by atoms with Gasteiger partial charge in [-0.25, -0.2) is 0 Å². The van der Waals surface area contributed by atoms with Gasteiger partial charge in [-0.3, -0.25) is 0 Å². The van der Waals surface area contributed by atoms with Gasteiger partial charge in [-0.15, -0.1) is 0 Å². The first-order valence-corrected chi connectivity index (χ1v) is 6.36. The number of fused-ring (bicyclic) bond motifs is 2. The van der Waals surface area contributed by atoms with E-state index in [4.69, 9.17) is 4.74 Å². The Hall–Kier alpha value is -1.06. The SMILES string of the molecule is COc1ccccc1[C@@H]1C[C@H]2CC[C@H](N2)[C@@H]1O. The molecule has 2 aliphatic heterocycles. The number of piperidine rings is 1. The van der Waals surface area contributed by atoms with E-state index < -0.39 is 0 Å². The van der Waals surface area contributed by atoms with E-state index in [-0.39, 0.29) is 18.1 Å². The Labute approximate surface area is 102 Å². The monoisotopic (exact) mass is 233 g/mol. The van der Waals surface area contributed by atoms with E-state index in [2.05, 4.69) is 11.4 Å². The van der Waals surface area contributed by atoms with Crippen LogP contribution in [0.2, 0.25) is 0 Å². The second-order valence-corrected chi connectivity index (χ2v) is 5.12. The smallest absolute Gasteiger partial charge is 0.122 e. The van der Waals surface area contributed by atoms with Crippen molar-refractivity contribution in [2.45, 2.75) is 43.4 Å². The standard InChI is InChI=1S/C14H19NO2/c1-17-13-5-3-2-4-10(13)11-8-9-6-7-12(15-9)14(11)16/h2-5,9,11-12,14-16H,6-8H2,1H3/t9-,11+,12+,14-/m1/s1. The predicted octanol–water partition coefficient (Wildman–Crippen LogP) is 1.66. The van der Waals surface area contributed by atoms with Crippen molar-refractivity contribution >= 4 is 0 Å². The van der Waals surface area contributed by atoms with Crippen LogP contribution in [0.15, 0.2) is 24.3 Å². The lowest BCUT2D eigenvalue weighted by atomic mass is 9.83. The average molecular weight is 233 g/mol. The first-order valence-electron chi connectivity index (χ1n) is 6.36. The van der Waals surface area contributed by atoms with Crippen LogP contribution in [0, 0.1) is 0 Å². The molecule has 92 valence electrons. The van der Waals surface area contributed by atoms with Crippen LogP contribution in [0.4, 0.5) is 0 Å². The molecule has 2 N–H and O–H groups in total. The predicted molar refractivity (Wildman–Crippen MR) is 66.3 cm³/mol. The highest BCUT2D eigenvalue weighted by Gasteiger charge is 2.41. The van der Waals surface area contributed by atoms with Gasteiger partial charge in [-0.05, 0) is 30.9 Å². The third-order valence-electron chi connectivity index (χ3n) is 4.18. The van der Waals surface area contributed by atoms with E-state index in [1.165, 1.54) is 6.42 Å². The highest BCUT2D eigenvalue weighted by atomic mass is 16.5. The van der Waals surface area contributed by atoms with Gasteiger partial charge < -0.3 is 15.2 Å². The fraction of sp³-hybridized carbons (Fsp3) is 0.571. The summed E-state index contributed by atoms with van der Waals surface area (Å²) < 4.78 is 5.41. The minimum atomic E-state index is -0.287. The number of aliphatic hydroxyl groups is 1. The van der Waals surface area contributed by atoms with Crippen LogP contribution in [-0.4, -0.2) is 30.4 Å². The summed E-state index contributed by atoms with van der Waals surface area (Å²) in [5.41, 5.74) is 1.15. The molecule has 0 spiro atoms. The number of aliphatic hydroxyl groups excluding tert-OH is 1. The molecule has 0 aliphatic carbocycles. The van der Waals surface area contributed by atoms with Gasteiger partial charge in [0, 0.05) is 18.0 Å². The summed E-state index contributed by atoms with van der Waals surface area (Å²) in [6.07, 6.45) is 3.01. The number of hydrogen-bond acceptors (Lipinski definition) is 3. The van der Waals surface area contributed by atoms with Crippen molar-refractivity contribution in [2.24, 2.45) is 0 Å². The van der Waals surface area contributed by atoms with Gasteiger partial charge in [-0.1, -0.05) is 18.2 Å². The van der Waals surface area contributed by atoms with Crippen molar-refractivity contribution in [2.75, 3.05) is 7.11 Å². The maximum atomic E-state index is 10.4. The minimum absolute atomic E-state index is 0.213. The second-order valence-electron chi connectivity index (χ2n) is 5.12. The molecule has 2 bridgehead atoms. The number of benzene rings is 1. The molecule has 0 unspecified atom stereocenters. The highest BCUT2D eigenvalue weighted by Crippen LogP contribution is 2.40. The first-order chi connectivity index (χ1) is 8.29. The topological polar surface area (TPSA) is 41.5 Å².